The van der Waals surface area contributed by atoms with Crippen LogP contribution in [0, 0.1) is 0 Å². The highest BCUT2D eigenvalue weighted by Crippen LogP contribution is 2.33. The fourth-order valence-corrected chi connectivity index (χ4v) is 3.09. The van der Waals surface area contributed by atoms with E-state index in [9.17, 15) is 4.79 Å². The summed E-state index contributed by atoms with van der Waals surface area (Å²) in [4.78, 5) is 12.2. The van der Waals surface area contributed by atoms with E-state index in [1.807, 2.05) is 41.8 Å². The van der Waals surface area contributed by atoms with Crippen LogP contribution in [0.1, 0.15) is 12.0 Å². The standard InChI is InChI=1S/C19H16ClNO2S/c20-15-5-1-3-7-17(15)23-18-8-4-2-6-16(18)21-19(22)10-9-14-11-12-24-13-14/h1-8,11-13H,9-10H2,(H,21,22). The maximum absolute atomic E-state index is 12.2. The van der Waals surface area contributed by atoms with E-state index in [0.29, 0.717) is 28.6 Å². The monoisotopic (exact) mass is 357 g/mol. The van der Waals surface area contributed by atoms with Crippen molar-refractivity contribution in [1.82, 2.24) is 0 Å². The summed E-state index contributed by atoms with van der Waals surface area (Å²) in [6, 6.07) is 16.6. The van der Waals surface area contributed by atoms with E-state index in [4.69, 9.17) is 16.3 Å². The van der Waals surface area contributed by atoms with Gasteiger partial charge in [-0.1, -0.05) is 35.9 Å². The van der Waals surface area contributed by atoms with Crippen molar-refractivity contribution in [2.75, 3.05) is 5.32 Å². The molecule has 0 bridgehead atoms. The Labute approximate surface area is 149 Å². The van der Waals surface area contributed by atoms with Gasteiger partial charge in [0.2, 0.25) is 5.91 Å². The number of ether oxygens (including phenoxy) is 1. The lowest BCUT2D eigenvalue weighted by atomic mass is 10.2. The van der Waals surface area contributed by atoms with Crippen LogP contribution in [0.2, 0.25) is 5.02 Å². The molecule has 0 saturated heterocycles. The highest BCUT2D eigenvalue weighted by molar-refractivity contribution is 7.07. The molecule has 122 valence electrons. The largest absolute Gasteiger partial charge is 0.454 e. The van der Waals surface area contributed by atoms with Gasteiger partial charge in [-0.3, -0.25) is 4.79 Å². The fraction of sp³-hybridized carbons (Fsp3) is 0.105. The van der Waals surface area contributed by atoms with Crippen molar-refractivity contribution < 1.29 is 9.53 Å². The Morgan fingerprint density at radius 3 is 2.54 bits per heavy atom. The molecule has 3 aromatic rings. The van der Waals surface area contributed by atoms with E-state index in [-0.39, 0.29) is 5.91 Å². The third kappa shape index (κ3) is 4.37. The number of anilines is 1. The van der Waals surface area contributed by atoms with Crippen molar-refractivity contribution in [3.63, 3.8) is 0 Å². The number of rotatable bonds is 6. The zero-order valence-corrected chi connectivity index (χ0v) is 14.4. The van der Waals surface area contributed by atoms with E-state index in [1.54, 1.807) is 29.5 Å². The SMILES string of the molecule is O=C(CCc1ccsc1)Nc1ccccc1Oc1ccccc1Cl. The van der Waals surface area contributed by atoms with Gasteiger partial charge in [-0.25, -0.2) is 0 Å². The molecule has 0 aliphatic heterocycles. The van der Waals surface area contributed by atoms with E-state index >= 15 is 0 Å². The molecule has 1 aromatic heterocycles. The molecule has 3 nitrogen and oxygen atoms in total. The molecule has 1 heterocycles. The van der Waals surface area contributed by atoms with E-state index < -0.39 is 0 Å². The summed E-state index contributed by atoms with van der Waals surface area (Å²) in [6.07, 6.45) is 1.15. The third-order valence-corrected chi connectivity index (χ3v) is 4.48. The summed E-state index contributed by atoms with van der Waals surface area (Å²) < 4.78 is 5.85. The maximum atomic E-state index is 12.2. The number of nitrogens with one attached hydrogen (secondary N) is 1. The molecular weight excluding hydrogens is 342 g/mol. The first-order chi connectivity index (χ1) is 11.7. The van der Waals surface area contributed by atoms with Crippen molar-refractivity contribution in [3.8, 4) is 11.5 Å². The molecule has 0 fully saturated rings. The Hall–Kier alpha value is -2.30. The Kier molecular flexibility index (Phi) is 5.51. The minimum absolute atomic E-state index is 0.0450. The van der Waals surface area contributed by atoms with E-state index in [1.165, 1.54) is 5.56 Å². The molecule has 0 unspecified atom stereocenters. The summed E-state index contributed by atoms with van der Waals surface area (Å²) >= 11 is 7.76. The average Bonchev–Trinajstić information content (AvgIpc) is 3.10. The van der Waals surface area contributed by atoms with Crippen molar-refractivity contribution in [2.45, 2.75) is 12.8 Å². The number of hydrogen-bond acceptors (Lipinski definition) is 3. The van der Waals surface area contributed by atoms with Gasteiger partial charge in [0.25, 0.3) is 0 Å². The van der Waals surface area contributed by atoms with E-state index in [0.717, 1.165) is 6.42 Å². The molecule has 0 spiro atoms. The summed E-state index contributed by atoms with van der Waals surface area (Å²) in [5.41, 5.74) is 1.81. The first kappa shape index (κ1) is 16.6. The van der Waals surface area contributed by atoms with Crippen LogP contribution in [-0.4, -0.2) is 5.91 Å². The third-order valence-electron chi connectivity index (χ3n) is 3.44. The van der Waals surface area contributed by atoms with Crippen LogP contribution in [0.3, 0.4) is 0 Å². The van der Waals surface area contributed by atoms with Gasteiger partial charge in [0, 0.05) is 6.42 Å². The molecule has 0 aliphatic rings. The Morgan fingerprint density at radius 2 is 1.79 bits per heavy atom. The second kappa shape index (κ2) is 7.99. The second-order valence-corrected chi connectivity index (χ2v) is 6.40. The predicted molar refractivity (Wildman–Crippen MR) is 99.2 cm³/mol. The van der Waals surface area contributed by atoms with Crippen LogP contribution in [0.5, 0.6) is 11.5 Å². The number of carbonyl (C=O) groups is 1. The van der Waals surface area contributed by atoms with Crippen molar-refractivity contribution in [2.24, 2.45) is 0 Å². The lowest BCUT2D eigenvalue weighted by Gasteiger charge is -2.13. The highest BCUT2D eigenvalue weighted by Gasteiger charge is 2.10. The van der Waals surface area contributed by atoms with Crippen LogP contribution in [0.25, 0.3) is 0 Å². The van der Waals surface area contributed by atoms with Crippen LogP contribution in [0.4, 0.5) is 5.69 Å². The minimum Gasteiger partial charge on any atom is -0.454 e. The number of hydrogen-bond donors (Lipinski definition) is 1. The van der Waals surface area contributed by atoms with Gasteiger partial charge in [0.15, 0.2) is 5.75 Å². The van der Waals surface area contributed by atoms with Gasteiger partial charge >= 0.3 is 0 Å². The average molecular weight is 358 g/mol. The smallest absolute Gasteiger partial charge is 0.224 e. The Morgan fingerprint density at radius 1 is 1.04 bits per heavy atom. The molecule has 3 rings (SSSR count). The molecule has 0 atom stereocenters. The van der Waals surface area contributed by atoms with Gasteiger partial charge < -0.3 is 10.1 Å². The number of aryl methyl sites for hydroxylation is 1. The van der Waals surface area contributed by atoms with Crippen LogP contribution >= 0.6 is 22.9 Å². The highest BCUT2D eigenvalue weighted by atomic mass is 35.5. The van der Waals surface area contributed by atoms with Crippen LogP contribution < -0.4 is 10.1 Å². The summed E-state index contributed by atoms with van der Waals surface area (Å²) in [6.45, 7) is 0. The number of amides is 1. The van der Waals surface area contributed by atoms with Crippen LogP contribution in [-0.2, 0) is 11.2 Å². The van der Waals surface area contributed by atoms with Gasteiger partial charge in [-0.05, 0) is 53.1 Å². The van der Waals surface area contributed by atoms with Gasteiger partial charge in [-0.15, -0.1) is 0 Å². The van der Waals surface area contributed by atoms with E-state index in [2.05, 4.69) is 10.7 Å². The van der Waals surface area contributed by atoms with Crippen molar-refractivity contribution >= 4 is 34.5 Å². The number of carbonyl (C=O) groups excluding carboxylic acids is 1. The van der Waals surface area contributed by atoms with Gasteiger partial charge in [0.1, 0.15) is 5.75 Å². The second-order valence-electron chi connectivity index (χ2n) is 5.21. The van der Waals surface area contributed by atoms with Gasteiger partial charge in [0.05, 0.1) is 10.7 Å². The topological polar surface area (TPSA) is 38.3 Å². The first-order valence-electron chi connectivity index (χ1n) is 7.55. The molecule has 0 saturated carbocycles. The quantitative estimate of drug-likeness (QED) is 0.608. The molecule has 0 aliphatic carbocycles. The predicted octanol–water partition coefficient (Wildman–Crippen LogP) is 5.77. The Balaban J connectivity index is 1.67. The zero-order chi connectivity index (χ0) is 16.8. The molecule has 1 amide bonds. The number of halogens is 1. The molecule has 0 radical (unpaired) electrons. The Bertz CT molecular complexity index is 818. The van der Waals surface area contributed by atoms with Gasteiger partial charge in [-0.2, -0.15) is 11.3 Å². The molecule has 1 N–H and O–H groups in total. The fourth-order valence-electron chi connectivity index (χ4n) is 2.21. The molecule has 2 aromatic carbocycles. The summed E-state index contributed by atoms with van der Waals surface area (Å²) in [7, 11) is 0. The molecule has 24 heavy (non-hydrogen) atoms. The summed E-state index contributed by atoms with van der Waals surface area (Å²) in [5.74, 6) is 1.07. The number of para-hydroxylation sites is 3. The number of benzene rings is 2. The van der Waals surface area contributed by atoms with Crippen molar-refractivity contribution in [3.05, 3.63) is 75.9 Å². The maximum Gasteiger partial charge on any atom is 0.224 e. The molecule has 5 heteroatoms. The molecular formula is C19H16ClNO2S. The lowest BCUT2D eigenvalue weighted by molar-refractivity contribution is -0.116. The normalized spacial score (nSPS) is 10.4. The van der Waals surface area contributed by atoms with Crippen LogP contribution in [0.15, 0.2) is 65.4 Å². The van der Waals surface area contributed by atoms with Crippen molar-refractivity contribution in [1.29, 1.82) is 0 Å². The number of thiophene rings is 1. The summed E-state index contributed by atoms with van der Waals surface area (Å²) in [5, 5.41) is 7.50. The minimum atomic E-state index is -0.0450. The lowest BCUT2D eigenvalue weighted by Crippen LogP contribution is -2.12. The zero-order valence-electron chi connectivity index (χ0n) is 12.9. The first-order valence-corrected chi connectivity index (χ1v) is 8.87.